The van der Waals surface area contributed by atoms with E-state index in [0.29, 0.717) is 12.2 Å². The molecule has 0 saturated carbocycles. The highest BCUT2D eigenvalue weighted by Crippen LogP contribution is 2.33. The molecule has 0 bridgehead atoms. The molecule has 18 heavy (non-hydrogen) atoms. The summed E-state index contributed by atoms with van der Waals surface area (Å²) in [5.74, 6) is -2.12. The van der Waals surface area contributed by atoms with E-state index >= 15 is 0 Å². The number of benzene rings is 1. The molecule has 0 radical (unpaired) electrons. The lowest BCUT2D eigenvalue weighted by Gasteiger charge is -2.20. The molecule has 6 heteroatoms. The van der Waals surface area contributed by atoms with E-state index in [1.54, 1.807) is 19.2 Å². The predicted molar refractivity (Wildman–Crippen MR) is 59.5 cm³/mol. The SMILES string of the molecule is COc1cccc(CC2C(=O)OOC2(C)OO)c1. The highest BCUT2D eigenvalue weighted by atomic mass is 17.3. The zero-order valence-corrected chi connectivity index (χ0v) is 10.1. The van der Waals surface area contributed by atoms with Gasteiger partial charge in [-0.25, -0.2) is 10.1 Å². The monoisotopic (exact) mass is 254 g/mol. The lowest BCUT2D eigenvalue weighted by atomic mass is 9.93. The Morgan fingerprint density at radius 1 is 1.50 bits per heavy atom. The molecular formula is C12H14O6. The van der Waals surface area contributed by atoms with Crippen LogP contribution in [0.3, 0.4) is 0 Å². The van der Waals surface area contributed by atoms with Gasteiger partial charge in [-0.1, -0.05) is 12.1 Å². The first-order valence-electron chi connectivity index (χ1n) is 5.44. The fourth-order valence-electron chi connectivity index (χ4n) is 1.84. The van der Waals surface area contributed by atoms with Crippen molar-refractivity contribution in [2.45, 2.75) is 19.1 Å². The van der Waals surface area contributed by atoms with Gasteiger partial charge in [0.15, 0.2) is 0 Å². The van der Waals surface area contributed by atoms with Crippen LogP contribution in [0.2, 0.25) is 0 Å². The van der Waals surface area contributed by atoms with E-state index in [2.05, 4.69) is 9.78 Å². The molecule has 0 aromatic heterocycles. The van der Waals surface area contributed by atoms with E-state index < -0.39 is 17.7 Å². The van der Waals surface area contributed by atoms with E-state index in [9.17, 15) is 4.79 Å². The van der Waals surface area contributed by atoms with Gasteiger partial charge in [-0.05, 0) is 31.0 Å². The fraction of sp³-hybridized carbons (Fsp3) is 0.417. The number of ether oxygens (including phenoxy) is 1. The van der Waals surface area contributed by atoms with Crippen molar-refractivity contribution in [2.75, 3.05) is 7.11 Å². The van der Waals surface area contributed by atoms with Gasteiger partial charge in [-0.2, -0.15) is 4.89 Å². The predicted octanol–water partition coefficient (Wildman–Crippen LogP) is 1.55. The summed E-state index contributed by atoms with van der Waals surface area (Å²) in [5, 5.41) is 8.81. The van der Waals surface area contributed by atoms with Crippen LogP contribution in [0.15, 0.2) is 24.3 Å². The van der Waals surface area contributed by atoms with Crippen LogP contribution in [0.4, 0.5) is 0 Å². The Balaban J connectivity index is 2.18. The fourth-order valence-corrected chi connectivity index (χ4v) is 1.84. The molecule has 2 unspecified atom stereocenters. The standard InChI is InChI=1S/C12H14O6/c1-12(17-14)10(11(13)16-18-12)7-8-4-3-5-9(6-8)15-2/h3-6,10,14H,7H2,1-2H3. The minimum absolute atomic E-state index is 0.313. The molecule has 0 amide bonds. The van der Waals surface area contributed by atoms with Crippen LogP contribution >= 0.6 is 0 Å². The molecule has 1 aromatic rings. The summed E-state index contributed by atoms with van der Waals surface area (Å²) in [6, 6.07) is 7.25. The Morgan fingerprint density at radius 3 is 2.94 bits per heavy atom. The lowest BCUT2D eigenvalue weighted by Crippen LogP contribution is -2.37. The summed E-state index contributed by atoms with van der Waals surface area (Å²) < 4.78 is 5.10. The molecule has 1 aliphatic rings. The third kappa shape index (κ3) is 2.31. The number of carbonyl (C=O) groups is 1. The minimum atomic E-state index is -1.49. The Labute approximate surface area is 104 Å². The van der Waals surface area contributed by atoms with E-state index in [1.807, 2.05) is 12.1 Å². The van der Waals surface area contributed by atoms with Gasteiger partial charge in [0.2, 0.25) is 0 Å². The molecule has 0 aliphatic carbocycles. The summed E-state index contributed by atoms with van der Waals surface area (Å²) in [6.45, 7) is 1.43. The molecule has 2 atom stereocenters. The summed E-state index contributed by atoms with van der Waals surface area (Å²) in [4.78, 5) is 24.9. The number of methoxy groups -OCH3 is 1. The van der Waals surface area contributed by atoms with E-state index in [4.69, 9.17) is 14.9 Å². The van der Waals surface area contributed by atoms with Gasteiger partial charge >= 0.3 is 5.97 Å². The highest BCUT2D eigenvalue weighted by Gasteiger charge is 2.51. The number of hydrogen-bond acceptors (Lipinski definition) is 6. The first-order valence-corrected chi connectivity index (χ1v) is 5.44. The zero-order chi connectivity index (χ0) is 13.2. The average Bonchev–Trinajstić information content (AvgIpc) is 2.68. The topological polar surface area (TPSA) is 74.2 Å². The minimum Gasteiger partial charge on any atom is -0.497 e. The van der Waals surface area contributed by atoms with Crippen LogP contribution in [-0.2, 0) is 25.9 Å². The van der Waals surface area contributed by atoms with Crippen molar-refractivity contribution in [1.29, 1.82) is 0 Å². The Bertz CT molecular complexity index is 446. The zero-order valence-electron chi connectivity index (χ0n) is 10.1. The largest absolute Gasteiger partial charge is 0.497 e. The van der Waals surface area contributed by atoms with Gasteiger partial charge in [0.1, 0.15) is 11.7 Å². The number of hydrogen-bond donors (Lipinski definition) is 1. The first kappa shape index (κ1) is 12.8. The summed E-state index contributed by atoms with van der Waals surface area (Å²) in [7, 11) is 1.56. The quantitative estimate of drug-likeness (QED) is 0.649. The summed E-state index contributed by atoms with van der Waals surface area (Å²) in [6.07, 6.45) is 0.313. The smallest absolute Gasteiger partial charge is 0.351 e. The van der Waals surface area contributed by atoms with Crippen LogP contribution in [0, 0.1) is 5.92 Å². The van der Waals surface area contributed by atoms with Gasteiger partial charge in [0.05, 0.1) is 7.11 Å². The third-order valence-corrected chi connectivity index (χ3v) is 2.96. The number of carbonyl (C=O) groups excluding carboxylic acids is 1. The van der Waals surface area contributed by atoms with Crippen molar-refractivity contribution >= 4 is 5.97 Å². The van der Waals surface area contributed by atoms with Crippen molar-refractivity contribution in [3.05, 3.63) is 29.8 Å². The molecule has 1 heterocycles. The van der Waals surface area contributed by atoms with Crippen LogP contribution in [0.25, 0.3) is 0 Å². The molecule has 1 aromatic carbocycles. The second-order valence-corrected chi connectivity index (χ2v) is 4.20. The Morgan fingerprint density at radius 2 is 2.28 bits per heavy atom. The molecule has 98 valence electrons. The molecule has 6 nitrogen and oxygen atoms in total. The van der Waals surface area contributed by atoms with Crippen LogP contribution in [0.1, 0.15) is 12.5 Å². The Kier molecular flexibility index (Phi) is 3.51. The third-order valence-electron chi connectivity index (χ3n) is 2.96. The van der Waals surface area contributed by atoms with E-state index in [-0.39, 0.29) is 0 Å². The van der Waals surface area contributed by atoms with Crippen molar-refractivity contribution in [3.8, 4) is 5.75 Å². The number of rotatable bonds is 4. The van der Waals surface area contributed by atoms with Crippen LogP contribution in [0.5, 0.6) is 5.75 Å². The maximum Gasteiger partial charge on any atom is 0.351 e. The van der Waals surface area contributed by atoms with Crippen molar-refractivity contribution in [3.63, 3.8) is 0 Å². The first-order chi connectivity index (χ1) is 8.59. The second kappa shape index (κ2) is 4.93. The molecule has 1 saturated heterocycles. The molecule has 1 aliphatic heterocycles. The van der Waals surface area contributed by atoms with Crippen molar-refractivity contribution in [2.24, 2.45) is 5.92 Å². The molecule has 1 N–H and O–H groups in total. The molecule has 1 fully saturated rings. The van der Waals surface area contributed by atoms with E-state index in [0.717, 1.165) is 5.56 Å². The molecule has 2 rings (SSSR count). The van der Waals surface area contributed by atoms with Crippen molar-refractivity contribution < 1.29 is 29.5 Å². The molecular weight excluding hydrogens is 240 g/mol. The highest BCUT2D eigenvalue weighted by molar-refractivity contribution is 5.74. The van der Waals surface area contributed by atoms with Gasteiger partial charge in [-0.15, -0.1) is 4.89 Å². The lowest BCUT2D eigenvalue weighted by molar-refractivity contribution is -0.459. The van der Waals surface area contributed by atoms with Crippen LogP contribution in [-0.4, -0.2) is 24.1 Å². The van der Waals surface area contributed by atoms with Crippen LogP contribution < -0.4 is 4.74 Å². The van der Waals surface area contributed by atoms with Crippen molar-refractivity contribution in [1.82, 2.24) is 0 Å². The van der Waals surface area contributed by atoms with Gasteiger partial charge in [-0.3, -0.25) is 4.89 Å². The Hall–Kier alpha value is -1.63. The maximum atomic E-state index is 11.5. The second-order valence-electron chi connectivity index (χ2n) is 4.20. The summed E-state index contributed by atoms with van der Waals surface area (Å²) >= 11 is 0. The maximum absolute atomic E-state index is 11.5. The van der Waals surface area contributed by atoms with Gasteiger partial charge < -0.3 is 4.74 Å². The normalized spacial score (nSPS) is 27.1. The van der Waals surface area contributed by atoms with Gasteiger partial charge in [0, 0.05) is 0 Å². The van der Waals surface area contributed by atoms with E-state index in [1.165, 1.54) is 6.92 Å². The molecule has 0 spiro atoms. The summed E-state index contributed by atoms with van der Waals surface area (Å²) in [5.41, 5.74) is 0.852. The van der Waals surface area contributed by atoms with Gasteiger partial charge in [0.25, 0.3) is 5.79 Å². The average molecular weight is 254 g/mol.